The highest BCUT2D eigenvalue weighted by Gasteiger charge is 2.41. The maximum Gasteiger partial charge on any atom is 0.229 e. The molecule has 0 atom stereocenters. The highest BCUT2D eigenvalue weighted by atomic mass is 16.2. The zero-order valence-electron chi connectivity index (χ0n) is 14.2. The fourth-order valence-corrected chi connectivity index (χ4v) is 3.45. The third kappa shape index (κ3) is 3.97. The van der Waals surface area contributed by atoms with Crippen LogP contribution < -0.4 is 5.32 Å². The lowest BCUT2D eigenvalue weighted by molar-refractivity contribution is -0.147. The lowest BCUT2D eigenvalue weighted by atomic mass is 9.75. The van der Waals surface area contributed by atoms with Crippen molar-refractivity contribution in [2.45, 2.75) is 72.8 Å². The third-order valence-corrected chi connectivity index (χ3v) is 4.90. The van der Waals surface area contributed by atoms with Gasteiger partial charge in [0.1, 0.15) is 0 Å². The van der Waals surface area contributed by atoms with Gasteiger partial charge < -0.3 is 10.2 Å². The van der Waals surface area contributed by atoms with E-state index in [1.807, 2.05) is 0 Å². The zero-order chi connectivity index (χ0) is 15.2. The van der Waals surface area contributed by atoms with Crippen LogP contribution in [0.1, 0.15) is 66.7 Å². The molecule has 1 heterocycles. The van der Waals surface area contributed by atoms with Crippen molar-refractivity contribution in [2.24, 2.45) is 11.3 Å². The highest BCUT2D eigenvalue weighted by Crippen LogP contribution is 2.36. The van der Waals surface area contributed by atoms with Crippen LogP contribution in [0.2, 0.25) is 0 Å². The number of hydrogen-bond acceptors (Lipinski definition) is 2. The van der Waals surface area contributed by atoms with E-state index in [9.17, 15) is 4.79 Å². The molecule has 1 fully saturated rings. The van der Waals surface area contributed by atoms with E-state index in [0.717, 1.165) is 51.7 Å². The summed E-state index contributed by atoms with van der Waals surface area (Å²) in [6.45, 7) is 13.9. The lowest BCUT2D eigenvalue weighted by Crippen LogP contribution is -2.53. The molecule has 0 bridgehead atoms. The molecule has 20 heavy (non-hydrogen) atoms. The van der Waals surface area contributed by atoms with Gasteiger partial charge in [-0.25, -0.2) is 0 Å². The summed E-state index contributed by atoms with van der Waals surface area (Å²) in [5.41, 5.74) is -0.108. The van der Waals surface area contributed by atoms with Crippen molar-refractivity contribution in [3.63, 3.8) is 0 Å². The molecule has 0 saturated carbocycles. The summed E-state index contributed by atoms with van der Waals surface area (Å²) in [4.78, 5) is 15.5. The van der Waals surface area contributed by atoms with E-state index in [4.69, 9.17) is 0 Å². The average Bonchev–Trinajstić information content (AvgIpc) is 2.47. The van der Waals surface area contributed by atoms with Gasteiger partial charge in [-0.05, 0) is 51.1 Å². The molecule has 3 heteroatoms. The first kappa shape index (κ1) is 17.5. The molecule has 1 aliphatic rings. The summed E-state index contributed by atoms with van der Waals surface area (Å²) in [5.74, 6) is 0.957. The van der Waals surface area contributed by atoms with Crippen molar-refractivity contribution in [1.29, 1.82) is 0 Å². The first-order chi connectivity index (χ1) is 9.50. The van der Waals surface area contributed by atoms with E-state index in [-0.39, 0.29) is 5.41 Å². The lowest BCUT2D eigenvalue weighted by Gasteiger charge is -2.43. The van der Waals surface area contributed by atoms with Gasteiger partial charge in [-0.3, -0.25) is 4.79 Å². The SMILES string of the molecule is CCC(CC)N(CC(C)C)C(=O)C1(CC)CCNCC1. The molecule has 0 radical (unpaired) electrons. The van der Waals surface area contributed by atoms with Crippen molar-refractivity contribution < 1.29 is 4.79 Å². The summed E-state index contributed by atoms with van der Waals surface area (Å²) in [6, 6.07) is 0.406. The van der Waals surface area contributed by atoms with Crippen molar-refractivity contribution in [1.82, 2.24) is 10.2 Å². The van der Waals surface area contributed by atoms with E-state index in [0.29, 0.717) is 17.9 Å². The number of rotatable bonds is 7. The molecule has 0 spiro atoms. The molecular weight excluding hydrogens is 248 g/mol. The Morgan fingerprint density at radius 2 is 1.70 bits per heavy atom. The predicted octanol–water partition coefficient (Wildman–Crippen LogP) is 3.44. The Bertz CT molecular complexity index is 291. The van der Waals surface area contributed by atoms with Crippen molar-refractivity contribution in [2.75, 3.05) is 19.6 Å². The molecule has 1 saturated heterocycles. The van der Waals surface area contributed by atoms with Crippen molar-refractivity contribution >= 4 is 5.91 Å². The summed E-state index contributed by atoms with van der Waals surface area (Å²) in [5, 5.41) is 3.39. The molecule has 1 amide bonds. The molecule has 1 N–H and O–H groups in total. The van der Waals surface area contributed by atoms with E-state index in [1.54, 1.807) is 0 Å². The molecule has 3 nitrogen and oxygen atoms in total. The van der Waals surface area contributed by atoms with Gasteiger partial charge in [0.25, 0.3) is 0 Å². The largest absolute Gasteiger partial charge is 0.339 e. The Labute approximate surface area is 125 Å². The summed E-state index contributed by atoms with van der Waals surface area (Å²) in [6.07, 6.45) is 5.09. The smallest absolute Gasteiger partial charge is 0.229 e. The molecule has 1 rings (SSSR count). The van der Waals surface area contributed by atoms with Gasteiger partial charge in [-0.2, -0.15) is 0 Å². The van der Waals surface area contributed by atoms with Crippen molar-refractivity contribution in [3.05, 3.63) is 0 Å². The molecule has 0 aromatic heterocycles. The second kappa shape index (κ2) is 8.02. The molecular formula is C17H34N2O. The van der Waals surface area contributed by atoms with Gasteiger partial charge in [0.2, 0.25) is 5.91 Å². The van der Waals surface area contributed by atoms with Gasteiger partial charge in [-0.15, -0.1) is 0 Å². The van der Waals surface area contributed by atoms with Gasteiger partial charge in [-0.1, -0.05) is 34.6 Å². The minimum Gasteiger partial charge on any atom is -0.339 e. The Morgan fingerprint density at radius 1 is 1.15 bits per heavy atom. The van der Waals surface area contributed by atoms with Crippen molar-refractivity contribution in [3.8, 4) is 0 Å². The Hall–Kier alpha value is -0.570. The maximum atomic E-state index is 13.2. The number of nitrogens with one attached hydrogen (secondary N) is 1. The molecule has 1 aliphatic heterocycles. The standard InChI is InChI=1S/C17H34N2O/c1-6-15(7-2)19(13-14(4)5)16(20)17(8-3)9-11-18-12-10-17/h14-15,18H,6-13H2,1-5H3. The first-order valence-electron chi connectivity index (χ1n) is 8.52. The Morgan fingerprint density at radius 3 is 2.10 bits per heavy atom. The van der Waals surface area contributed by atoms with Crippen LogP contribution in [0.15, 0.2) is 0 Å². The van der Waals surface area contributed by atoms with Gasteiger partial charge in [0.05, 0.1) is 5.41 Å². The summed E-state index contributed by atoms with van der Waals surface area (Å²) in [7, 11) is 0. The summed E-state index contributed by atoms with van der Waals surface area (Å²) >= 11 is 0. The van der Waals surface area contributed by atoms with E-state index in [1.165, 1.54) is 0 Å². The number of piperidine rings is 1. The quantitative estimate of drug-likeness (QED) is 0.776. The van der Waals surface area contributed by atoms with E-state index < -0.39 is 0 Å². The molecule has 118 valence electrons. The van der Waals surface area contributed by atoms with E-state index in [2.05, 4.69) is 44.8 Å². The number of nitrogens with zero attached hydrogens (tertiary/aromatic N) is 1. The zero-order valence-corrected chi connectivity index (χ0v) is 14.2. The van der Waals surface area contributed by atoms with Crippen LogP contribution in [0.5, 0.6) is 0 Å². The number of carbonyl (C=O) groups is 1. The number of carbonyl (C=O) groups excluding carboxylic acids is 1. The van der Waals surface area contributed by atoms with Gasteiger partial charge in [0.15, 0.2) is 0 Å². The minimum atomic E-state index is -0.108. The highest BCUT2D eigenvalue weighted by molar-refractivity contribution is 5.83. The maximum absolute atomic E-state index is 13.2. The van der Waals surface area contributed by atoms with E-state index >= 15 is 0 Å². The van der Waals surface area contributed by atoms with Crippen LogP contribution in [0.4, 0.5) is 0 Å². The number of hydrogen-bond donors (Lipinski definition) is 1. The minimum absolute atomic E-state index is 0.108. The summed E-state index contributed by atoms with van der Waals surface area (Å²) < 4.78 is 0. The Balaban J connectivity index is 2.94. The molecule has 0 aromatic carbocycles. The topological polar surface area (TPSA) is 32.3 Å². The third-order valence-electron chi connectivity index (χ3n) is 4.90. The van der Waals surface area contributed by atoms with Crippen LogP contribution in [0, 0.1) is 11.3 Å². The molecule has 0 aromatic rings. The van der Waals surface area contributed by atoms with Crippen LogP contribution in [-0.4, -0.2) is 36.5 Å². The fraction of sp³-hybridized carbons (Fsp3) is 0.941. The molecule has 0 aliphatic carbocycles. The fourth-order valence-electron chi connectivity index (χ4n) is 3.45. The first-order valence-corrected chi connectivity index (χ1v) is 8.52. The van der Waals surface area contributed by atoms with Crippen LogP contribution in [-0.2, 0) is 4.79 Å². The van der Waals surface area contributed by atoms with Crippen LogP contribution >= 0.6 is 0 Å². The Kier molecular flexibility index (Phi) is 7.01. The second-order valence-corrected chi connectivity index (χ2v) is 6.71. The normalized spacial score (nSPS) is 18.6. The molecule has 0 unspecified atom stereocenters. The van der Waals surface area contributed by atoms with Crippen LogP contribution in [0.3, 0.4) is 0 Å². The van der Waals surface area contributed by atoms with Gasteiger partial charge in [0, 0.05) is 12.6 Å². The average molecular weight is 282 g/mol. The van der Waals surface area contributed by atoms with Crippen LogP contribution in [0.25, 0.3) is 0 Å². The number of amides is 1. The monoisotopic (exact) mass is 282 g/mol. The van der Waals surface area contributed by atoms with Gasteiger partial charge >= 0.3 is 0 Å². The predicted molar refractivity (Wildman–Crippen MR) is 85.7 cm³/mol. The second-order valence-electron chi connectivity index (χ2n) is 6.71.